The third-order valence-electron chi connectivity index (χ3n) is 19.3. The van der Waals surface area contributed by atoms with Crippen LogP contribution in [0.1, 0.15) is 55.6 Å². The van der Waals surface area contributed by atoms with Crippen LogP contribution in [0.2, 0.25) is 0 Å². The molecule has 100 heavy (non-hydrogen) atoms. The Morgan fingerprint density at radius 1 is 0.270 bits per heavy atom. The summed E-state index contributed by atoms with van der Waals surface area (Å²) in [5.41, 5.74) is 12.9. The van der Waals surface area contributed by atoms with Gasteiger partial charge in [-0.1, -0.05) is 183 Å². The molecule has 2 atom stereocenters. The summed E-state index contributed by atoms with van der Waals surface area (Å²) in [6, 6.07) is 94.8. The van der Waals surface area contributed by atoms with Crippen LogP contribution in [0, 0.1) is 34.9 Å². The lowest BCUT2D eigenvalue weighted by Gasteiger charge is -2.35. The van der Waals surface area contributed by atoms with Gasteiger partial charge in [0.1, 0.15) is 34.6 Å². The zero-order valence-electron chi connectivity index (χ0n) is 53.6. The molecule has 14 aromatic carbocycles. The molecule has 0 N–H and O–H groups in total. The normalized spacial score (nSPS) is 14.7. The number of hydrogen-bond donors (Lipinski definition) is 0. The summed E-state index contributed by atoms with van der Waals surface area (Å²) in [4.78, 5) is 4.02. The Balaban J connectivity index is 0.774. The van der Waals surface area contributed by atoms with Crippen molar-refractivity contribution in [3.63, 3.8) is 0 Å². The highest BCUT2D eigenvalue weighted by Gasteiger charge is 2.50. The third-order valence-corrected chi connectivity index (χ3v) is 19.3. The fourth-order valence-electron chi connectivity index (χ4n) is 14.8. The quantitative estimate of drug-likeness (QED) is 0.0849. The minimum atomic E-state index is -1.38. The summed E-state index contributed by atoms with van der Waals surface area (Å²) < 4.78 is 108. The fraction of sp³-hybridized carbons (Fsp3) is 0.0222. The monoisotopic (exact) mass is 1310 g/mol. The molecule has 0 spiro atoms. The lowest BCUT2D eigenvalue weighted by molar-refractivity contribution is 0.480. The van der Waals surface area contributed by atoms with E-state index in [1.807, 2.05) is 240 Å². The number of fused-ring (bicyclic) bond motifs is 6. The van der Waals surface area contributed by atoms with E-state index < -0.39 is 45.7 Å². The number of anilines is 6. The van der Waals surface area contributed by atoms with Gasteiger partial charge >= 0.3 is 0 Å². The Labute approximate surface area is 575 Å². The zero-order chi connectivity index (χ0) is 68.2. The molecule has 4 nitrogen and oxygen atoms in total. The number of rotatable bonds is 17. The van der Waals surface area contributed by atoms with Crippen molar-refractivity contribution in [2.24, 2.45) is 0 Å². The molecular weight excluding hydrogens is 1250 g/mol. The summed E-state index contributed by atoms with van der Waals surface area (Å²) in [5.74, 6) is -2.42. The van der Waals surface area contributed by atoms with Crippen molar-refractivity contribution >= 4 is 46.3 Å². The van der Waals surface area contributed by atoms with Gasteiger partial charge in [-0.3, -0.25) is 0 Å². The fourth-order valence-corrected chi connectivity index (χ4v) is 14.8. The second-order valence-corrected chi connectivity index (χ2v) is 24.8. The van der Waals surface area contributed by atoms with E-state index >= 15 is 17.6 Å². The summed E-state index contributed by atoms with van der Waals surface area (Å²) in [6.07, 6.45) is 3.51. The first-order chi connectivity index (χ1) is 48.9. The molecule has 0 aliphatic heterocycles. The van der Waals surface area contributed by atoms with Gasteiger partial charge in [0.15, 0.2) is 23.3 Å². The van der Waals surface area contributed by atoms with Gasteiger partial charge in [-0.15, -0.1) is 0 Å². The minimum absolute atomic E-state index is 0.128. The van der Waals surface area contributed by atoms with Gasteiger partial charge in [-0.05, 0) is 236 Å². The van der Waals surface area contributed by atoms with E-state index in [1.54, 1.807) is 48.6 Å². The standard InChI is InChI=1S/C90H58F6N2O2/c1-3-57-19-45-71(46-20-57)99-73-49-27-61(28-50-73)89(81-15-9-17-85(93)87(81)95)79-13-7-5-11-75(79)77-53-43-69(55-83(77)89)97(67-39-31-63(91)32-40-67)65-35-23-59(24-36-65)60-25-37-66(38-26-60)98(68-41-33-64(92)34-42-68)70-44-54-78-76-12-6-8-14-80(76)90(84(78)56-70,82-16-10-18-86(94)88(82)96)62-29-51-74(52-30-62)100-72-47-21-58(4-2)22-48-72/h3-56H,1-2H2. The average Bonchev–Trinajstić information content (AvgIpc) is 1.53. The number of benzene rings is 14. The Hall–Kier alpha value is -12.7. The van der Waals surface area contributed by atoms with Crippen LogP contribution >= 0.6 is 0 Å². The van der Waals surface area contributed by atoms with E-state index in [2.05, 4.69) is 13.2 Å². The van der Waals surface area contributed by atoms with Crippen LogP contribution in [0.4, 0.5) is 60.5 Å². The van der Waals surface area contributed by atoms with Crippen LogP contribution in [0.3, 0.4) is 0 Å². The van der Waals surface area contributed by atoms with Crippen molar-refractivity contribution in [3.8, 4) is 56.4 Å². The van der Waals surface area contributed by atoms with Gasteiger partial charge in [0.05, 0.1) is 10.8 Å². The van der Waals surface area contributed by atoms with Crippen LogP contribution in [0.5, 0.6) is 23.0 Å². The Kier molecular flexibility index (Phi) is 15.8. The maximum Gasteiger partial charge on any atom is 0.163 e. The van der Waals surface area contributed by atoms with Crippen LogP contribution in [-0.2, 0) is 10.8 Å². The molecular formula is C90H58F6N2O2. The third kappa shape index (κ3) is 10.6. The molecule has 0 radical (unpaired) electrons. The molecule has 0 aromatic heterocycles. The first-order valence-corrected chi connectivity index (χ1v) is 32.6. The summed E-state index contributed by atoms with van der Waals surface area (Å²) in [7, 11) is 0. The van der Waals surface area contributed by atoms with Gasteiger partial charge < -0.3 is 19.3 Å². The molecule has 16 rings (SSSR count). The lowest BCUT2D eigenvalue weighted by atomic mass is 9.67. The molecule has 482 valence electrons. The molecule has 2 aliphatic rings. The molecule has 0 saturated carbocycles. The Morgan fingerprint density at radius 3 is 0.920 bits per heavy atom. The second-order valence-electron chi connectivity index (χ2n) is 24.8. The summed E-state index contributed by atoms with van der Waals surface area (Å²) in [5, 5.41) is 0. The van der Waals surface area contributed by atoms with E-state index in [0.29, 0.717) is 68.0 Å². The van der Waals surface area contributed by atoms with Gasteiger partial charge in [0.25, 0.3) is 0 Å². The second kappa shape index (κ2) is 25.4. The van der Waals surface area contributed by atoms with E-state index in [-0.39, 0.29) is 11.1 Å². The Morgan fingerprint density at radius 2 is 0.570 bits per heavy atom. The van der Waals surface area contributed by atoms with Gasteiger partial charge in [-0.2, -0.15) is 0 Å². The number of halogens is 6. The van der Waals surface area contributed by atoms with Crippen molar-refractivity contribution in [1.82, 2.24) is 0 Å². The molecule has 2 aliphatic carbocycles. The van der Waals surface area contributed by atoms with Gasteiger partial charge in [0.2, 0.25) is 0 Å². The largest absolute Gasteiger partial charge is 0.457 e. The molecule has 0 saturated heterocycles. The first kappa shape index (κ1) is 62.2. The van der Waals surface area contributed by atoms with Crippen LogP contribution in [-0.4, -0.2) is 0 Å². The maximum absolute atomic E-state index is 17.1. The topological polar surface area (TPSA) is 24.9 Å². The van der Waals surface area contributed by atoms with E-state index in [1.165, 1.54) is 36.4 Å². The highest BCUT2D eigenvalue weighted by atomic mass is 19.2. The molecule has 14 aromatic rings. The predicted octanol–water partition coefficient (Wildman–Crippen LogP) is 24.7. The van der Waals surface area contributed by atoms with Crippen molar-refractivity contribution < 1.29 is 35.8 Å². The van der Waals surface area contributed by atoms with Crippen molar-refractivity contribution in [3.05, 3.63) is 419 Å². The van der Waals surface area contributed by atoms with Crippen LogP contribution in [0.25, 0.3) is 45.5 Å². The van der Waals surface area contributed by atoms with E-state index in [0.717, 1.165) is 79.1 Å². The lowest BCUT2D eigenvalue weighted by Crippen LogP contribution is -2.30. The summed E-state index contributed by atoms with van der Waals surface area (Å²) in [6.45, 7) is 7.71. The van der Waals surface area contributed by atoms with Gasteiger partial charge in [0, 0.05) is 45.3 Å². The molecule has 0 heterocycles. The van der Waals surface area contributed by atoms with Crippen molar-refractivity contribution in [2.75, 3.05) is 9.80 Å². The van der Waals surface area contributed by atoms with Crippen LogP contribution in [0.15, 0.2) is 329 Å². The molecule has 10 heteroatoms. The van der Waals surface area contributed by atoms with Crippen molar-refractivity contribution in [1.29, 1.82) is 0 Å². The maximum atomic E-state index is 17.1. The summed E-state index contributed by atoms with van der Waals surface area (Å²) >= 11 is 0. The molecule has 0 fully saturated rings. The molecule has 0 bridgehead atoms. The van der Waals surface area contributed by atoms with Gasteiger partial charge in [-0.25, -0.2) is 26.3 Å². The van der Waals surface area contributed by atoms with E-state index in [4.69, 9.17) is 9.47 Å². The predicted molar refractivity (Wildman–Crippen MR) is 389 cm³/mol. The smallest absolute Gasteiger partial charge is 0.163 e. The number of nitrogens with zero attached hydrogens (tertiary/aromatic N) is 2. The highest BCUT2D eigenvalue weighted by Crippen LogP contribution is 2.60. The molecule has 2 unspecified atom stereocenters. The SMILES string of the molecule is C=Cc1ccc(Oc2ccc(C3(c4cccc(F)c4F)c4ccccc4-c4ccc(N(c5ccc(F)cc5)c5ccc(-c6ccc(N(c7ccc(F)cc7)c7ccc8c(c7)C(c7ccc(Oc9ccc(C=C)cc9)cc7)(c7cccc(F)c7F)c7ccccc7-8)cc6)cc5)cc43)cc2)cc1. The first-order valence-electron chi connectivity index (χ1n) is 32.6. The molecule has 0 amide bonds. The number of ether oxygens (including phenoxy) is 2. The Bertz CT molecular complexity index is 5110. The average molecular weight is 1310 g/mol. The minimum Gasteiger partial charge on any atom is -0.457 e. The van der Waals surface area contributed by atoms with Crippen molar-refractivity contribution in [2.45, 2.75) is 10.8 Å². The number of hydrogen-bond acceptors (Lipinski definition) is 4. The highest BCUT2D eigenvalue weighted by molar-refractivity contribution is 5.92. The van der Waals surface area contributed by atoms with E-state index in [9.17, 15) is 8.78 Å². The van der Waals surface area contributed by atoms with Crippen LogP contribution < -0.4 is 19.3 Å². The zero-order valence-corrected chi connectivity index (χ0v) is 53.6.